The fraction of sp³-hybridized carbons (Fsp3) is 0.600. The number of hydrogen-bond acceptors (Lipinski definition) is 3. The minimum Gasteiger partial charge on any atom is -0.506 e. The highest BCUT2D eigenvalue weighted by Gasteiger charge is 2.22. The summed E-state index contributed by atoms with van der Waals surface area (Å²) in [4.78, 5) is 2.52. The average molecular weight is 283 g/mol. The zero-order valence-electron chi connectivity index (χ0n) is 11.5. The van der Waals surface area contributed by atoms with Gasteiger partial charge in [0.25, 0.3) is 0 Å². The summed E-state index contributed by atoms with van der Waals surface area (Å²) in [5.74, 6) is 0.167. The smallest absolute Gasteiger partial charge is 0.134 e. The number of halogens is 1. The van der Waals surface area contributed by atoms with Crippen molar-refractivity contribution >= 4 is 11.6 Å². The zero-order chi connectivity index (χ0) is 13.7. The van der Waals surface area contributed by atoms with Crippen molar-refractivity contribution in [2.24, 2.45) is 0 Å². The van der Waals surface area contributed by atoms with Crippen LogP contribution in [0.15, 0.2) is 18.2 Å². The highest BCUT2D eigenvalue weighted by atomic mass is 35.5. The molecule has 2 rings (SSSR count). The Morgan fingerprint density at radius 2 is 2.11 bits per heavy atom. The second-order valence-electron chi connectivity index (χ2n) is 5.15. The van der Waals surface area contributed by atoms with E-state index in [4.69, 9.17) is 11.6 Å². The minimum atomic E-state index is 0.167. The molecule has 0 saturated carbocycles. The van der Waals surface area contributed by atoms with Gasteiger partial charge in [0.1, 0.15) is 5.75 Å². The van der Waals surface area contributed by atoms with Crippen molar-refractivity contribution < 1.29 is 5.11 Å². The number of piperazine rings is 1. The highest BCUT2D eigenvalue weighted by Crippen LogP contribution is 2.32. The number of nitrogens with one attached hydrogen (secondary N) is 1. The third-order valence-electron chi connectivity index (χ3n) is 3.78. The summed E-state index contributed by atoms with van der Waals surface area (Å²) in [6.07, 6.45) is 3.57. The van der Waals surface area contributed by atoms with Crippen LogP contribution in [-0.4, -0.2) is 36.2 Å². The van der Waals surface area contributed by atoms with Crippen LogP contribution in [0.1, 0.15) is 37.8 Å². The predicted molar refractivity (Wildman–Crippen MR) is 79.8 cm³/mol. The molecule has 0 unspecified atom stereocenters. The van der Waals surface area contributed by atoms with E-state index in [2.05, 4.69) is 17.1 Å². The van der Waals surface area contributed by atoms with E-state index < -0.39 is 0 Å². The van der Waals surface area contributed by atoms with E-state index in [-0.39, 0.29) is 5.75 Å². The summed E-state index contributed by atoms with van der Waals surface area (Å²) in [6.45, 7) is 6.47. The Labute approximate surface area is 120 Å². The van der Waals surface area contributed by atoms with Gasteiger partial charge in [-0.1, -0.05) is 37.4 Å². The van der Waals surface area contributed by atoms with Crippen LogP contribution < -0.4 is 5.32 Å². The summed E-state index contributed by atoms with van der Waals surface area (Å²) in [5.41, 5.74) is 1.22. The molecule has 3 nitrogen and oxygen atoms in total. The molecule has 1 heterocycles. The van der Waals surface area contributed by atoms with E-state index in [1.54, 1.807) is 6.07 Å². The number of nitrogens with zero attached hydrogens (tertiary/aromatic N) is 1. The molecule has 1 aromatic rings. The second-order valence-corrected chi connectivity index (χ2v) is 5.56. The van der Waals surface area contributed by atoms with Crippen molar-refractivity contribution in [1.29, 1.82) is 0 Å². The Bertz CT molecular complexity index is 405. The van der Waals surface area contributed by atoms with Gasteiger partial charge in [-0.25, -0.2) is 0 Å². The third-order valence-corrected chi connectivity index (χ3v) is 4.08. The average Bonchev–Trinajstić information content (AvgIpc) is 2.44. The van der Waals surface area contributed by atoms with Gasteiger partial charge in [-0.05, 0) is 24.1 Å². The first-order chi connectivity index (χ1) is 9.22. The molecule has 0 aromatic heterocycles. The molecular formula is C15H23ClN2O. The number of aromatic hydroxyl groups is 1. The van der Waals surface area contributed by atoms with Crippen LogP contribution in [-0.2, 0) is 0 Å². The number of hydrogen-bond donors (Lipinski definition) is 2. The first kappa shape index (κ1) is 14.6. The fourth-order valence-electron chi connectivity index (χ4n) is 2.68. The maximum Gasteiger partial charge on any atom is 0.134 e. The van der Waals surface area contributed by atoms with Gasteiger partial charge in [0.15, 0.2) is 0 Å². The monoisotopic (exact) mass is 282 g/mol. The van der Waals surface area contributed by atoms with E-state index >= 15 is 0 Å². The van der Waals surface area contributed by atoms with E-state index in [0.717, 1.165) is 32.6 Å². The molecule has 106 valence electrons. The quantitative estimate of drug-likeness (QED) is 0.871. The number of phenolic OH excluding ortho intramolecular Hbond substituents is 1. The van der Waals surface area contributed by atoms with Crippen molar-refractivity contribution in [3.63, 3.8) is 0 Å². The van der Waals surface area contributed by atoms with Crippen molar-refractivity contribution in [2.75, 3.05) is 26.2 Å². The van der Waals surface area contributed by atoms with Gasteiger partial charge in [0, 0.05) is 32.2 Å². The lowest BCUT2D eigenvalue weighted by Gasteiger charge is -2.35. The normalized spacial score (nSPS) is 18.4. The molecule has 4 heteroatoms. The van der Waals surface area contributed by atoms with Gasteiger partial charge >= 0.3 is 0 Å². The molecule has 1 atom stereocenters. The molecular weight excluding hydrogens is 260 g/mol. The summed E-state index contributed by atoms with van der Waals surface area (Å²) in [5, 5.41) is 13.4. The molecule has 0 radical (unpaired) electrons. The Morgan fingerprint density at radius 3 is 2.74 bits per heavy atom. The van der Waals surface area contributed by atoms with Crippen molar-refractivity contribution in [3.05, 3.63) is 28.8 Å². The van der Waals surface area contributed by atoms with E-state index in [0.29, 0.717) is 11.1 Å². The Morgan fingerprint density at radius 1 is 1.37 bits per heavy atom. The molecule has 1 aromatic carbocycles. The van der Waals surface area contributed by atoms with Crippen LogP contribution in [0.3, 0.4) is 0 Å². The largest absolute Gasteiger partial charge is 0.506 e. The van der Waals surface area contributed by atoms with Crippen LogP contribution >= 0.6 is 11.6 Å². The zero-order valence-corrected chi connectivity index (χ0v) is 12.3. The lowest BCUT2D eigenvalue weighted by molar-refractivity contribution is 0.163. The highest BCUT2D eigenvalue weighted by molar-refractivity contribution is 6.32. The molecule has 0 amide bonds. The minimum absolute atomic E-state index is 0.167. The summed E-state index contributed by atoms with van der Waals surface area (Å²) >= 11 is 6.05. The Balaban J connectivity index is 2.17. The maximum absolute atomic E-state index is 9.56. The SMILES string of the molecule is CCCC[C@@H](c1ccc(O)c(Cl)c1)N1CCNCC1. The lowest BCUT2D eigenvalue weighted by atomic mass is 9.98. The molecule has 1 aliphatic heterocycles. The molecule has 19 heavy (non-hydrogen) atoms. The van der Waals surface area contributed by atoms with E-state index in [1.165, 1.54) is 18.4 Å². The number of rotatable bonds is 5. The van der Waals surface area contributed by atoms with E-state index in [9.17, 15) is 5.11 Å². The van der Waals surface area contributed by atoms with Gasteiger partial charge in [-0.15, -0.1) is 0 Å². The molecule has 0 bridgehead atoms. The molecule has 1 fully saturated rings. The summed E-state index contributed by atoms with van der Waals surface area (Å²) in [6, 6.07) is 6.04. The van der Waals surface area contributed by atoms with Gasteiger partial charge in [-0.3, -0.25) is 4.90 Å². The topological polar surface area (TPSA) is 35.5 Å². The van der Waals surface area contributed by atoms with Crippen LogP contribution in [0.5, 0.6) is 5.75 Å². The number of phenols is 1. The van der Waals surface area contributed by atoms with Crippen LogP contribution in [0.25, 0.3) is 0 Å². The second kappa shape index (κ2) is 7.13. The van der Waals surface area contributed by atoms with Crippen molar-refractivity contribution in [1.82, 2.24) is 10.2 Å². The number of unbranched alkanes of at least 4 members (excludes halogenated alkanes) is 1. The van der Waals surface area contributed by atoms with Crippen LogP contribution in [0.2, 0.25) is 5.02 Å². The van der Waals surface area contributed by atoms with Gasteiger partial charge in [0.2, 0.25) is 0 Å². The Hall–Kier alpha value is -0.770. The number of benzene rings is 1. The molecule has 0 spiro atoms. The first-order valence-corrected chi connectivity index (χ1v) is 7.53. The van der Waals surface area contributed by atoms with Gasteiger partial charge < -0.3 is 10.4 Å². The molecule has 1 saturated heterocycles. The van der Waals surface area contributed by atoms with Crippen LogP contribution in [0.4, 0.5) is 0 Å². The lowest BCUT2D eigenvalue weighted by Crippen LogP contribution is -2.45. The maximum atomic E-state index is 9.56. The molecule has 0 aliphatic carbocycles. The fourth-order valence-corrected chi connectivity index (χ4v) is 2.87. The van der Waals surface area contributed by atoms with Crippen molar-refractivity contribution in [3.8, 4) is 5.75 Å². The molecule has 2 N–H and O–H groups in total. The molecule has 1 aliphatic rings. The van der Waals surface area contributed by atoms with Crippen LogP contribution in [0, 0.1) is 0 Å². The Kier molecular flexibility index (Phi) is 5.49. The van der Waals surface area contributed by atoms with Crippen molar-refractivity contribution in [2.45, 2.75) is 32.2 Å². The first-order valence-electron chi connectivity index (χ1n) is 7.15. The predicted octanol–water partition coefficient (Wildman–Crippen LogP) is 3.18. The van der Waals surface area contributed by atoms with Gasteiger partial charge in [0.05, 0.1) is 5.02 Å². The third kappa shape index (κ3) is 3.85. The summed E-state index contributed by atoms with van der Waals surface area (Å²) < 4.78 is 0. The van der Waals surface area contributed by atoms with Gasteiger partial charge in [-0.2, -0.15) is 0 Å². The summed E-state index contributed by atoms with van der Waals surface area (Å²) in [7, 11) is 0. The van der Waals surface area contributed by atoms with E-state index in [1.807, 2.05) is 12.1 Å². The standard InChI is InChI=1S/C15H23ClN2O/c1-2-3-4-14(18-9-7-17-8-10-18)12-5-6-15(19)13(16)11-12/h5-6,11,14,17,19H,2-4,7-10H2,1H3/t14-/m0/s1.